The second kappa shape index (κ2) is 9.14. The lowest BCUT2D eigenvalue weighted by Gasteiger charge is -2.08. The van der Waals surface area contributed by atoms with Gasteiger partial charge in [-0.2, -0.15) is 0 Å². The fourth-order valence-corrected chi connectivity index (χ4v) is 4.39. The quantitative estimate of drug-likeness (QED) is 0.636. The monoisotopic (exact) mass is 407 g/mol. The van der Waals surface area contributed by atoms with Crippen molar-refractivity contribution in [2.45, 2.75) is 38.5 Å². The van der Waals surface area contributed by atoms with Crippen LogP contribution in [0, 0.1) is 0 Å². The Kier molecular flexibility index (Phi) is 6.63. The van der Waals surface area contributed by atoms with Crippen molar-refractivity contribution < 1.29 is 23.9 Å². The van der Waals surface area contributed by atoms with E-state index in [1.54, 1.807) is 18.3 Å². The van der Waals surface area contributed by atoms with E-state index >= 15 is 0 Å². The molecule has 0 atom stereocenters. The van der Waals surface area contributed by atoms with Gasteiger partial charge in [0.25, 0.3) is 5.91 Å². The van der Waals surface area contributed by atoms with E-state index in [0.717, 1.165) is 23.3 Å². The average Bonchev–Trinajstić information content (AvgIpc) is 3.19. The molecule has 2 aromatic rings. The molecule has 1 N–H and O–H groups in total. The van der Waals surface area contributed by atoms with E-state index in [4.69, 9.17) is 9.47 Å². The Hall–Kier alpha value is -2.19. The van der Waals surface area contributed by atoms with Crippen molar-refractivity contribution in [2.75, 3.05) is 18.5 Å². The molecule has 144 valence electrons. The Morgan fingerprint density at radius 2 is 2.04 bits per heavy atom. The molecule has 0 bridgehead atoms. The highest BCUT2D eigenvalue weighted by molar-refractivity contribution is 7.15. The van der Waals surface area contributed by atoms with E-state index in [0.29, 0.717) is 22.9 Å². The molecule has 0 spiro atoms. The Bertz CT molecular complexity index is 808. The third-order valence-electron chi connectivity index (χ3n) is 4.09. The molecule has 1 saturated carbocycles. The van der Waals surface area contributed by atoms with Gasteiger partial charge >= 0.3 is 11.9 Å². The van der Waals surface area contributed by atoms with Crippen molar-refractivity contribution in [2.24, 2.45) is 0 Å². The third-order valence-corrected chi connectivity index (χ3v) is 5.94. The molecule has 3 rings (SSSR count). The highest BCUT2D eigenvalue weighted by atomic mass is 32.1. The SMILES string of the molecule is CCOC(=O)c1c(C2CC2)csc1NC(=O)COC(=O)CCc1cccs1. The van der Waals surface area contributed by atoms with E-state index in [-0.39, 0.29) is 19.6 Å². The molecule has 1 aliphatic carbocycles. The van der Waals surface area contributed by atoms with Gasteiger partial charge in [0.2, 0.25) is 0 Å². The van der Waals surface area contributed by atoms with Crippen molar-refractivity contribution in [1.29, 1.82) is 0 Å². The molecule has 1 fully saturated rings. The van der Waals surface area contributed by atoms with Crippen LogP contribution in [0.25, 0.3) is 0 Å². The van der Waals surface area contributed by atoms with E-state index in [1.807, 2.05) is 22.9 Å². The molecule has 1 amide bonds. The number of aryl methyl sites for hydroxylation is 1. The zero-order valence-corrected chi connectivity index (χ0v) is 16.6. The molecule has 0 radical (unpaired) electrons. The molecule has 27 heavy (non-hydrogen) atoms. The van der Waals surface area contributed by atoms with Crippen molar-refractivity contribution in [3.8, 4) is 0 Å². The van der Waals surface area contributed by atoms with Gasteiger partial charge in [0.1, 0.15) is 5.00 Å². The Morgan fingerprint density at radius 1 is 1.22 bits per heavy atom. The largest absolute Gasteiger partial charge is 0.462 e. The summed E-state index contributed by atoms with van der Waals surface area (Å²) in [6.45, 7) is 1.64. The van der Waals surface area contributed by atoms with Gasteiger partial charge < -0.3 is 14.8 Å². The summed E-state index contributed by atoms with van der Waals surface area (Å²) < 4.78 is 10.2. The van der Waals surface area contributed by atoms with Gasteiger partial charge in [0.05, 0.1) is 18.6 Å². The summed E-state index contributed by atoms with van der Waals surface area (Å²) in [5, 5.41) is 6.98. The molecule has 2 aromatic heterocycles. The van der Waals surface area contributed by atoms with Gasteiger partial charge in [0, 0.05) is 4.88 Å². The number of anilines is 1. The minimum absolute atomic E-state index is 0.229. The first-order valence-electron chi connectivity index (χ1n) is 8.84. The molecular formula is C19H21NO5S2. The van der Waals surface area contributed by atoms with Crippen LogP contribution >= 0.6 is 22.7 Å². The summed E-state index contributed by atoms with van der Waals surface area (Å²) in [7, 11) is 0. The molecule has 1 aliphatic rings. The minimum atomic E-state index is -0.464. The Balaban J connectivity index is 1.52. The fourth-order valence-electron chi connectivity index (χ4n) is 2.63. The second-order valence-electron chi connectivity index (χ2n) is 6.18. The summed E-state index contributed by atoms with van der Waals surface area (Å²) in [5.74, 6) is -0.950. The van der Waals surface area contributed by atoms with Crippen molar-refractivity contribution in [3.05, 3.63) is 38.9 Å². The molecule has 2 heterocycles. The van der Waals surface area contributed by atoms with Gasteiger partial charge in [-0.3, -0.25) is 9.59 Å². The fraction of sp³-hybridized carbons (Fsp3) is 0.421. The Morgan fingerprint density at radius 3 is 2.70 bits per heavy atom. The topological polar surface area (TPSA) is 81.7 Å². The summed E-state index contributed by atoms with van der Waals surface area (Å²) in [4.78, 5) is 37.3. The van der Waals surface area contributed by atoms with Crippen LogP contribution in [0.4, 0.5) is 5.00 Å². The zero-order chi connectivity index (χ0) is 19.2. The first kappa shape index (κ1) is 19.6. The number of nitrogens with one attached hydrogen (secondary N) is 1. The molecule has 8 heteroatoms. The first-order chi connectivity index (χ1) is 13.1. The van der Waals surface area contributed by atoms with Crippen molar-refractivity contribution in [3.63, 3.8) is 0 Å². The smallest absolute Gasteiger partial charge is 0.341 e. The van der Waals surface area contributed by atoms with E-state index in [2.05, 4.69) is 5.32 Å². The molecule has 0 unspecified atom stereocenters. The standard InChI is InChI=1S/C19H21NO5S2/c1-2-24-19(23)17-14(12-5-6-12)11-27-18(17)20-15(21)10-25-16(22)8-7-13-4-3-9-26-13/h3-4,9,11-12H,2,5-8,10H2,1H3,(H,20,21). The van der Waals surface area contributed by atoms with Gasteiger partial charge in [-0.15, -0.1) is 22.7 Å². The normalized spacial score (nSPS) is 13.2. The van der Waals surface area contributed by atoms with Gasteiger partial charge in [-0.05, 0) is 54.5 Å². The molecular weight excluding hydrogens is 386 g/mol. The van der Waals surface area contributed by atoms with Crippen LogP contribution < -0.4 is 5.32 Å². The maximum atomic E-state index is 12.3. The predicted octanol–water partition coefficient (Wildman–Crippen LogP) is 3.98. The van der Waals surface area contributed by atoms with Crippen molar-refractivity contribution >= 4 is 45.5 Å². The maximum Gasteiger partial charge on any atom is 0.341 e. The third kappa shape index (κ3) is 5.40. The highest BCUT2D eigenvalue weighted by Crippen LogP contribution is 2.46. The van der Waals surface area contributed by atoms with Crippen LogP contribution in [0.3, 0.4) is 0 Å². The van der Waals surface area contributed by atoms with E-state index < -0.39 is 17.8 Å². The molecule has 0 aliphatic heterocycles. The summed E-state index contributed by atoms with van der Waals surface area (Å²) >= 11 is 2.88. The summed E-state index contributed by atoms with van der Waals surface area (Å²) in [5.41, 5.74) is 1.36. The van der Waals surface area contributed by atoms with Gasteiger partial charge in [-0.1, -0.05) is 6.07 Å². The van der Waals surface area contributed by atoms with Crippen molar-refractivity contribution in [1.82, 2.24) is 0 Å². The number of ether oxygens (including phenoxy) is 2. The van der Waals surface area contributed by atoms with Crippen LogP contribution in [0.2, 0.25) is 0 Å². The summed E-state index contributed by atoms with van der Waals surface area (Å²) in [6.07, 6.45) is 2.91. The van der Waals surface area contributed by atoms with Crippen LogP contribution in [-0.4, -0.2) is 31.1 Å². The minimum Gasteiger partial charge on any atom is -0.462 e. The number of hydrogen-bond acceptors (Lipinski definition) is 7. The number of rotatable bonds is 9. The van der Waals surface area contributed by atoms with E-state index in [9.17, 15) is 14.4 Å². The highest BCUT2D eigenvalue weighted by Gasteiger charge is 2.32. The van der Waals surface area contributed by atoms with Crippen LogP contribution in [0.5, 0.6) is 0 Å². The Labute approximate surface area is 165 Å². The number of thiophene rings is 2. The predicted molar refractivity (Wildman–Crippen MR) is 104 cm³/mol. The van der Waals surface area contributed by atoms with Crippen LogP contribution in [0.1, 0.15) is 52.9 Å². The maximum absolute atomic E-state index is 12.3. The number of esters is 2. The van der Waals surface area contributed by atoms with Gasteiger partial charge in [0.15, 0.2) is 6.61 Å². The lowest BCUT2D eigenvalue weighted by atomic mass is 10.1. The zero-order valence-electron chi connectivity index (χ0n) is 15.0. The van der Waals surface area contributed by atoms with Crippen LogP contribution in [0.15, 0.2) is 22.9 Å². The molecule has 0 saturated heterocycles. The number of hydrogen-bond donors (Lipinski definition) is 1. The lowest BCUT2D eigenvalue weighted by molar-refractivity contribution is -0.147. The average molecular weight is 408 g/mol. The second-order valence-corrected chi connectivity index (χ2v) is 8.09. The summed E-state index contributed by atoms with van der Waals surface area (Å²) in [6, 6.07) is 3.88. The number of carbonyl (C=O) groups is 3. The van der Waals surface area contributed by atoms with Crippen LogP contribution in [-0.2, 0) is 25.5 Å². The number of carbonyl (C=O) groups excluding carboxylic acids is 3. The van der Waals surface area contributed by atoms with Gasteiger partial charge in [-0.25, -0.2) is 4.79 Å². The molecule has 6 nitrogen and oxygen atoms in total. The first-order valence-corrected chi connectivity index (χ1v) is 10.6. The van der Waals surface area contributed by atoms with E-state index in [1.165, 1.54) is 11.3 Å². The molecule has 0 aromatic carbocycles. The number of amides is 1. The lowest BCUT2D eigenvalue weighted by Crippen LogP contribution is -2.22.